The number of rotatable bonds is 9. The fourth-order valence-electron chi connectivity index (χ4n) is 7.06. The van der Waals surface area contributed by atoms with Crippen LogP contribution in [0.3, 0.4) is 0 Å². The zero-order valence-electron chi connectivity index (χ0n) is 27.8. The predicted molar refractivity (Wildman–Crippen MR) is 187 cm³/mol. The number of carbonyl (C=O) groups is 3. The molecule has 51 heavy (non-hydrogen) atoms. The number of hydrogen-bond acceptors (Lipinski definition) is 8. The number of hydrazine groups is 1. The highest BCUT2D eigenvalue weighted by molar-refractivity contribution is 5.92. The second-order valence-electron chi connectivity index (χ2n) is 12.8. The predicted octanol–water partition coefficient (Wildman–Crippen LogP) is 3.95. The van der Waals surface area contributed by atoms with Crippen LogP contribution < -0.4 is 5.32 Å². The van der Waals surface area contributed by atoms with Gasteiger partial charge in [-0.3, -0.25) is 24.8 Å². The Morgan fingerprint density at radius 1 is 0.961 bits per heavy atom. The van der Waals surface area contributed by atoms with Crippen molar-refractivity contribution in [3.05, 3.63) is 135 Å². The van der Waals surface area contributed by atoms with E-state index >= 15 is 0 Å². The van der Waals surface area contributed by atoms with E-state index in [4.69, 9.17) is 0 Å². The van der Waals surface area contributed by atoms with Crippen LogP contribution in [-0.2, 0) is 35.5 Å². The molecule has 14 heteroatoms. The number of aromatic hydroxyl groups is 1. The van der Waals surface area contributed by atoms with Gasteiger partial charge in [-0.2, -0.15) is 5.10 Å². The van der Waals surface area contributed by atoms with E-state index < -0.39 is 23.2 Å². The lowest BCUT2D eigenvalue weighted by Crippen LogP contribution is -2.76. The number of H-pyrrole nitrogens is 1. The van der Waals surface area contributed by atoms with E-state index in [2.05, 4.69) is 15.5 Å². The number of amides is 4. The molecule has 3 N–H and O–H groups in total. The van der Waals surface area contributed by atoms with Gasteiger partial charge in [0, 0.05) is 55.7 Å². The molecule has 2 aliphatic rings. The molecule has 260 valence electrons. The Kier molecular flexibility index (Phi) is 9.07. The Balaban J connectivity index is 1.24. The van der Waals surface area contributed by atoms with Crippen molar-refractivity contribution in [2.24, 2.45) is 0 Å². The van der Waals surface area contributed by atoms with Gasteiger partial charge in [0.25, 0.3) is 5.69 Å². The van der Waals surface area contributed by atoms with Crippen molar-refractivity contribution >= 4 is 34.4 Å². The zero-order valence-corrected chi connectivity index (χ0v) is 27.8. The Morgan fingerprint density at radius 3 is 2.45 bits per heavy atom. The highest BCUT2D eigenvalue weighted by atomic mass is 16.6. The number of aromatic amines is 1. The first-order chi connectivity index (χ1) is 24.7. The molecule has 2 aliphatic heterocycles. The molecule has 0 spiro atoms. The number of nitro benzene ring substituents is 1. The van der Waals surface area contributed by atoms with E-state index in [1.54, 1.807) is 47.3 Å². The first-order valence-corrected chi connectivity index (χ1v) is 16.5. The fraction of sp³-hybridized carbons (Fsp3) is 0.243. The summed E-state index contributed by atoms with van der Waals surface area (Å²) in [7, 11) is 1.67. The summed E-state index contributed by atoms with van der Waals surface area (Å²) in [4.78, 5) is 56.6. The quantitative estimate of drug-likeness (QED) is 0.155. The number of para-hydroxylation sites is 1. The second-order valence-corrected chi connectivity index (χ2v) is 12.8. The van der Waals surface area contributed by atoms with Crippen molar-refractivity contribution in [3.63, 3.8) is 0 Å². The van der Waals surface area contributed by atoms with Crippen molar-refractivity contribution in [1.82, 2.24) is 35.3 Å². The molecule has 4 amide bonds. The number of hydrogen-bond donors (Lipinski definition) is 3. The Morgan fingerprint density at radius 2 is 1.69 bits per heavy atom. The standard InChI is InChI=1S/C37H36N8O6/c1-41-23-34(47)43-32(18-24-14-16-28(46)17-15-24)36(48)42(22-33(43)44(41)37(49)38-20-25-8-3-2-4-9-25)21-27-11-7-12-29-35(27)30(40-39-29)19-26-10-5-6-13-31(26)45(50)51/h2-17,32-33,46H,18-23H2,1H3,(H,38,49)(H,39,40)/t32-,33-/m0/s1. The molecule has 0 unspecified atom stereocenters. The normalized spacial score (nSPS) is 17.9. The molecule has 2 atom stereocenters. The van der Waals surface area contributed by atoms with Crippen LogP contribution in [0.25, 0.3) is 10.9 Å². The summed E-state index contributed by atoms with van der Waals surface area (Å²) in [5, 5.41) is 36.0. The summed E-state index contributed by atoms with van der Waals surface area (Å²) < 4.78 is 0. The average Bonchev–Trinajstić information content (AvgIpc) is 3.54. The number of nitro groups is 1. The van der Waals surface area contributed by atoms with Gasteiger partial charge >= 0.3 is 6.03 Å². The maximum absolute atomic E-state index is 14.5. The third kappa shape index (κ3) is 6.68. The zero-order chi connectivity index (χ0) is 35.6. The monoisotopic (exact) mass is 688 g/mol. The highest BCUT2D eigenvalue weighted by Gasteiger charge is 2.50. The Hall–Kier alpha value is -6.28. The maximum Gasteiger partial charge on any atom is 0.334 e. The van der Waals surface area contributed by atoms with Crippen LogP contribution in [0.5, 0.6) is 5.75 Å². The van der Waals surface area contributed by atoms with Gasteiger partial charge in [-0.1, -0.05) is 72.8 Å². The van der Waals surface area contributed by atoms with Gasteiger partial charge in [-0.25, -0.2) is 14.8 Å². The number of aromatic nitrogens is 2. The molecule has 1 aromatic heterocycles. The molecule has 0 radical (unpaired) electrons. The van der Waals surface area contributed by atoms with Crippen LogP contribution in [0.4, 0.5) is 10.5 Å². The van der Waals surface area contributed by atoms with Crippen molar-refractivity contribution in [1.29, 1.82) is 0 Å². The largest absolute Gasteiger partial charge is 0.508 e. The smallest absolute Gasteiger partial charge is 0.334 e. The molecule has 2 fully saturated rings. The highest BCUT2D eigenvalue weighted by Crippen LogP contribution is 2.32. The van der Waals surface area contributed by atoms with Crippen LogP contribution in [0, 0.1) is 10.1 Å². The summed E-state index contributed by atoms with van der Waals surface area (Å²) in [5.41, 5.74) is 4.23. The first-order valence-electron chi connectivity index (χ1n) is 16.5. The fourth-order valence-corrected chi connectivity index (χ4v) is 7.06. The van der Waals surface area contributed by atoms with Gasteiger partial charge in [0.1, 0.15) is 18.0 Å². The third-order valence-corrected chi connectivity index (χ3v) is 9.46. The average molecular weight is 689 g/mol. The van der Waals surface area contributed by atoms with E-state index in [1.807, 2.05) is 48.5 Å². The minimum absolute atomic E-state index is 0.00202. The number of carbonyl (C=O) groups excluding carboxylic acids is 3. The summed E-state index contributed by atoms with van der Waals surface area (Å²) in [5.74, 6) is -0.493. The first kappa shape index (κ1) is 33.2. The Bertz CT molecular complexity index is 2100. The number of fused-ring (bicyclic) bond motifs is 2. The van der Waals surface area contributed by atoms with Gasteiger partial charge in [0.05, 0.1) is 23.5 Å². The molecule has 4 aromatic carbocycles. The number of benzene rings is 4. The van der Waals surface area contributed by atoms with E-state index in [1.165, 1.54) is 28.1 Å². The SMILES string of the molecule is CN1CC(=O)N2[C@@H](Cc3ccc(O)cc3)C(=O)N(Cc3cccc4n[nH]c(Cc5ccccc5[N+](=O)[O-])c34)C[C@@H]2N1C(=O)NCc1ccccc1. The van der Waals surface area contributed by atoms with Crippen molar-refractivity contribution in [3.8, 4) is 5.75 Å². The number of nitrogens with zero attached hydrogens (tertiary/aromatic N) is 6. The van der Waals surface area contributed by atoms with Crippen LogP contribution in [0.15, 0.2) is 97.1 Å². The maximum atomic E-state index is 14.5. The van der Waals surface area contributed by atoms with Crippen LogP contribution in [0.1, 0.15) is 27.9 Å². The van der Waals surface area contributed by atoms with Gasteiger partial charge in [0.2, 0.25) is 11.8 Å². The number of likely N-dealkylation sites (N-methyl/N-ethyl adjacent to an activating group) is 1. The molecule has 3 heterocycles. The van der Waals surface area contributed by atoms with Crippen molar-refractivity contribution in [2.45, 2.75) is 38.1 Å². The minimum Gasteiger partial charge on any atom is -0.508 e. The van der Waals surface area contributed by atoms with Gasteiger partial charge in [-0.15, -0.1) is 0 Å². The molecule has 0 saturated carbocycles. The second kappa shape index (κ2) is 13.9. The van der Waals surface area contributed by atoms with Gasteiger partial charge in [0.15, 0.2) is 0 Å². The summed E-state index contributed by atoms with van der Waals surface area (Å²) in [6.45, 7) is 0.341. The van der Waals surface area contributed by atoms with E-state index in [9.17, 15) is 29.6 Å². The number of phenols is 1. The molecule has 14 nitrogen and oxygen atoms in total. The van der Waals surface area contributed by atoms with E-state index in [-0.39, 0.29) is 62.3 Å². The molecule has 0 bridgehead atoms. The lowest BCUT2D eigenvalue weighted by atomic mass is 9.97. The van der Waals surface area contributed by atoms with Gasteiger partial charge < -0.3 is 20.2 Å². The van der Waals surface area contributed by atoms with Crippen molar-refractivity contribution in [2.75, 3.05) is 20.1 Å². The molecular weight excluding hydrogens is 652 g/mol. The number of phenolic OH excluding ortho intramolecular Hbond substituents is 1. The molecule has 2 saturated heterocycles. The molecule has 7 rings (SSSR count). The number of urea groups is 1. The summed E-state index contributed by atoms with van der Waals surface area (Å²) in [6, 6.07) is 26.7. The van der Waals surface area contributed by atoms with Crippen LogP contribution >= 0.6 is 0 Å². The summed E-state index contributed by atoms with van der Waals surface area (Å²) >= 11 is 0. The van der Waals surface area contributed by atoms with E-state index in [0.717, 1.165) is 22.1 Å². The van der Waals surface area contributed by atoms with Crippen molar-refractivity contribution < 1.29 is 24.4 Å². The van der Waals surface area contributed by atoms with E-state index in [0.29, 0.717) is 16.8 Å². The molecule has 0 aliphatic carbocycles. The number of nitrogens with one attached hydrogen (secondary N) is 2. The van der Waals surface area contributed by atoms with Crippen LogP contribution in [0.2, 0.25) is 0 Å². The number of piperazine rings is 1. The topological polar surface area (TPSA) is 168 Å². The molecule has 5 aromatic rings. The van der Waals surface area contributed by atoms with Crippen LogP contribution in [-0.4, -0.2) is 90.2 Å². The lowest BCUT2D eigenvalue weighted by molar-refractivity contribution is -0.385. The third-order valence-electron chi connectivity index (χ3n) is 9.46. The Labute approximate surface area is 293 Å². The van der Waals surface area contributed by atoms with Gasteiger partial charge in [-0.05, 0) is 34.9 Å². The molecular formula is C37H36N8O6. The summed E-state index contributed by atoms with van der Waals surface area (Å²) in [6.07, 6.45) is -0.436. The lowest BCUT2D eigenvalue weighted by Gasteiger charge is -2.54. The minimum atomic E-state index is -0.936.